The molecule has 8 heteroatoms. The number of thioether (sulfide) groups is 1. The number of phenols is 1. The zero-order valence-corrected chi connectivity index (χ0v) is 20.8. The van der Waals surface area contributed by atoms with Gasteiger partial charge in [-0.15, -0.1) is 10.2 Å². The molecule has 7 nitrogen and oxygen atoms in total. The first-order valence-electron chi connectivity index (χ1n) is 12.0. The van der Waals surface area contributed by atoms with E-state index in [9.17, 15) is 9.90 Å². The van der Waals surface area contributed by atoms with E-state index in [-0.39, 0.29) is 17.4 Å². The Morgan fingerprint density at radius 3 is 2.19 bits per heavy atom. The first kappa shape index (κ1) is 23.1. The van der Waals surface area contributed by atoms with Crippen LogP contribution in [0.1, 0.15) is 16.9 Å². The van der Waals surface area contributed by atoms with Gasteiger partial charge in [-0.1, -0.05) is 48.2 Å². The van der Waals surface area contributed by atoms with Gasteiger partial charge in [-0.3, -0.25) is 14.3 Å². The van der Waals surface area contributed by atoms with Crippen molar-refractivity contribution in [2.75, 3.05) is 10.7 Å². The van der Waals surface area contributed by atoms with Crippen LogP contribution in [0.3, 0.4) is 0 Å². The second-order valence-electron chi connectivity index (χ2n) is 8.79. The molecule has 6 rings (SSSR count). The predicted octanol–water partition coefficient (Wildman–Crippen LogP) is 5.85. The molecule has 0 saturated carbocycles. The number of para-hydroxylation sites is 2. The Morgan fingerprint density at radius 2 is 1.54 bits per heavy atom. The third-order valence-electron chi connectivity index (χ3n) is 6.44. The Labute approximate surface area is 218 Å². The van der Waals surface area contributed by atoms with Crippen LogP contribution in [0.2, 0.25) is 0 Å². The quantitative estimate of drug-likeness (QED) is 0.290. The Morgan fingerprint density at radius 1 is 0.865 bits per heavy atom. The summed E-state index contributed by atoms with van der Waals surface area (Å²) in [4.78, 5) is 15.6. The van der Waals surface area contributed by atoms with E-state index in [0.29, 0.717) is 17.5 Å². The van der Waals surface area contributed by atoms with Gasteiger partial charge >= 0.3 is 0 Å². The Balaban J connectivity index is 1.32. The van der Waals surface area contributed by atoms with Gasteiger partial charge in [-0.2, -0.15) is 0 Å². The molecule has 0 aliphatic carbocycles. The number of phenolic OH excluding ortho intramolecular Hbond substituents is 1. The van der Waals surface area contributed by atoms with Gasteiger partial charge in [0.1, 0.15) is 11.5 Å². The van der Waals surface area contributed by atoms with E-state index in [1.54, 1.807) is 30.5 Å². The summed E-state index contributed by atoms with van der Waals surface area (Å²) in [5.74, 6) is 1.74. The summed E-state index contributed by atoms with van der Waals surface area (Å²) in [6, 6.07) is 26.8. The van der Waals surface area contributed by atoms with E-state index in [1.807, 2.05) is 58.0 Å². The molecule has 0 saturated heterocycles. The van der Waals surface area contributed by atoms with Crippen molar-refractivity contribution in [1.82, 2.24) is 14.8 Å². The fraction of sp³-hybridized carbons (Fsp3) is 0.138. The largest absolute Gasteiger partial charge is 0.508 e. The summed E-state index contributed by atoms with van der Waals surface area (Å²) in [6.07, 6.45) is 3.40. The first-order valence-corrected chi connectivity index (χ1v) is 13.0. The molecule has 0 bridgehead atoms. The number of nitrogens with zero attached hydrogens (tertiary/aromatic N) is 4. The van der Waals surface area contributed by atoms with Crippen LogP contribution in [0.4, 0.5) is 11.4 Å². The van der Waals surface area contributed by atoms with Crippen molar-refractivity contribution >= 4 is 29.0 Å². The summed E-state index contributed by atoms with van der Waals surface area (Å²) in [6.45, 7) is 0.419. The highest BCUT2D eigenvalue weighted by Gasteiger charge is 2.26. The number of anilines is 2. The standard InChI is InChI=1S/C29H24N4O3S/c34-23-15-13-22(14-16-23)28-30-31-29(32(28)18-24-8-5-17-36-24)37-19-27(35)33-25-9-3-1-6-20(25)11-12-21-7-2-4-10-26(21)33/h1-10,13-17,34H,11-12,18-19H2. The molecular weight excluding hydrogens is 484 g/mol. The van der Waals surface area contributed by atoms with Crippen LogP contribution < -0.4 is 4.90 Å². The lowest BCUT2D eigenvalue weighted by molar-refractivity contribution is -0.115. The van der Waals surface area contributed by atoms with Gasteiger partial charge in [0.25, 0.3) is 0 Å². The molecule has 1 amide bonds. The number of aromatic hydroxyl groups is 1. The van der Waals surface area contributed by atoms with Crippen LogP contribution in [0, 0.1) is 0 Å². The Bertz CT molecular complexity index is 1500. The zero-order valence-electron chi connectivity index (χ0n) is 19.9. The number of aryl methyl sites for hydroxylation is 2. The minimum atomic E-state index is -0.0227. The second-order valence-corrected chi connectivity index (χ2v) is 9.74. The van der Waals surface area contributed by atoms with E-state index in [4.69, 9.17) is 4.42 Å². The molecule has 0 fully saturated rings. The third kappa shape index (κ3) is 4.63. The molecule has 184 valence electrons. The number of hydrogen-bond acceptors (Lipinski definition) is 6. The minimum absolute atomic E-state index is 0.0227. The summed E-state index contributed by atoms with van der Waals surface area (Å²) >= 11 is 1.35. The maximum absolute atomic E-state index is 13.8. The number of benzene rings is 3. The lowest BCUT2D eigenvalue weighted by Crippen LogP contribution is -2.28. The Kier molecular flexibility index (Phi) is 6.24. The van der Waals surface area contributed by atoms with Crippen LogP contribution in [0.15, 0.2) is 101 Å². The van der Waals surface area contributed by atoms with Crippen molar-refractivity contribution in [3.63, 3.8) is 0 Å². The average molecular weight is 509 g/mol. The van der Waals surface area contributed by atoms with Crippen LogP contribution in [-0.4, -0.2) is 31.5 Å². The number of amides is 1. The van der Waals surface area contributed by atoms with Crippen LogP contribution >= 0.6 is 11.8 Å². The average Bonchev–Trinajstić information content (AvgIpc) is 3.55. The van der Waals surface area contributed by atoms with Crippen LogP contribution in [0.5, 0.6) is 5.75 Å². The van der Waals surface area contributed by atoms with Crippen molar-refractivity contribution in [3.05, 3.63) is 108 Å². The van der Waals surface area contributed by atoms with E-state index in [1.165, 1.54) is 11.8 Å². The van der Waals surface area contributed by atoms with Gasteiger partial charge in [0.2, 0.25) is 5.91 Å². The molecule has 0 radical (unpaired) electrons. The molecule has 5 aromatic rings. The zero-order chi connectivity index (χ0) is 25.2. The second kappa shape index (κ2) is 9.99. The number of fused-ring (bicyclic) bond motifs is 2. The van der Waals surface area contributed by atoms with Gasteiger partial charge in [0.05, 0.1) is 29.9 Å². The molecule has 1 aliphatic rings. The molecule has 2 aromatic heterocycles. The van der Waals surface area contributed by atoms with E-state index in [2.05, 4.69) is 22.3 Å². The summed E-state index contributed by atoms with van der Waals surface area (Å²) in [7, 11) is 0. The van der Waals surface area contributed by atoms with Gasteiger partial charge in [0.15, 0.2) is 11.0 Å². The lowest BCUT2D eigenvalue weighted by atomic mass is 10.0. The summed E-state index contributed by atoms with van der Waals surface area (Å²) in [5.41, 5.74) is 4.99. The summed E-state index contributed by atoms with van der Waals surface area (Å²) < 4.78 is 7.52. The van der Waals surface area contributed by atoms with Gasteiger partial charge in [0, 0.05) is 5.56 Å². The molecule has 0 spiro atoms. The minimum Gasteiger partial charge on any atom is -0.508 e. The molecular formula is C29H24N4O3S. The highest BCUT2D eigenvalue weighted by molar-refractivity contribution is 7.99. The molecule has 37 heavy (non-hydrogen) atoms. The molecule has 3 heterocycles. The smallest absolute Gasteiger partial charge is 0.242 e. The molecule has 0 unspecified atom stereocenters. The first-order chi connectivity index (χ1) is 18.2. The molecule has 1 aliphatic heterocycles. The SMILES string of the molecule is O=C(CSc1nnc(-c2ccc(O)cc2)n1Cc1ccco1)N1c2ccccc2CCc2ccccc21. The topological polar surface area (TPSA) is 84.4 Å². The molecule has 1 N–H and O–H groups in total. The third-order valence-corrected chi connectivity index (χ3v) is 7.39. The van der Waals surface area contributed by atoms with Crippen molar-refractivity contribution in [1.29, 1.82) is 0 Å². The fourth-order valence-electron chi connectivity index (χ4n) is 4.66. The summed E-state index contributed by atoms with van der Waals surface area (Å²) in [5, 5.41) is 19.2. The highest BCUT2D eigenvalue weighted by Crippen LogP contribution is 2.37. The monoisotopic (exact) mass is 508 g/mol. The van der Waals surface area contributed by atoms with Gasteiger partial charge < -0.3 is 9.52 Å². The fourth-order valence-corrected chi connectivity index (χ4v) is 5.45. The van der Waals surface area contributed by atoms with Crippen molar-refractivity contribution < 1.29 is 14.3 Å². The van der Waals surface area contributed by atoms with Crippen molar-refractivity contribution in [3.8, 4) is 17.1 Å². The van der Waals surface area contributed by atoms with Gasteiger partial charge in [-0.25, -0.2) is 0 Å². The Hall–Kier alpha value is -4.30. The highest BCUT2D eigenvalue weighted by atomic mass is 32.2. The number of carbonyl (C=O) groups is 1. The van der Waals surface area contributed by atoms with Gasteiger partial charge in [-0.05, 0) is 72.5 Å². The van der Waals surface area contributed by atoms with Crippen molar-refractivity contribution in [2.24, 2.45) is 0 Å². The van der Waals surface area contributed by atoms with Crippen LogP contribution in [0.25, 0.3) is 11.4 Å². The number of aromatic nitrogens is 3. The van der Waals surface area contributed by atoms with Crippen LogP contribution in [-0.2, 0) is 24.2 Å². The predicted molar refractivity (Wildman–Crippen MR) is 143 cm³/mol. The normalized spacial score (nSPS) is 12.6. The van der Waals surface area contributed by atoms with E-state index in [0.717, 1.165) is 46.7 Å². The maximum Gasteiger partial charge on any atom is 0.242 e. The number of rotatable bonds is 6. The maximum atomic E-state index is 13.8. The number of carbonyl (C=O) groups excluding carboxylic acids is 1. The lowest BCUT2D eigenvalue weighted by Gasteiger charge is -2.25. The molecule has 0 atom stereocenters. The number of furan rings is 1. The van der Waals surface area contributed by atoms with E-state index < -0.39 is 0 Å². The van der Waals surface area contributed by atoms with Crippen molar-refractivity contribution in [2.45, 2.75) is 24.5 Å². The molecule has 3 aromatic carbocycles. The number of hydrogen-bond donors (Lipinski definition) is 1. The van der Waals surface area contributed by atoms with E-state index >= 15 is 0 Å².